The Bertz CT molecular complexity index is 414. The summed E-state index contributed by atoms with van der Waals surface area (Å²) in [4.78, 5) is 11.5. The summed E-state index contributed by atoms with van der Waals surface area (Å²) in [5, 5.41) is 3.72. The maximum atomic E-state index is 11.5. The number of halogens is 1. The van der Waals surface area contributed by atoms with E-state index in [1.54, 1.807) is 0 Å². The molecule has 2 nitrogen and oxygen atoms in total. The molecule has 1 saturated heterocycles. The quantitative estimate of drug-likeness (QED) is 0.774. The van der Waals surface area contributed by atoms with Crippen molar-refractivity contribution in [3.05, 3.63) is 34.9 Å². The van der Waals surface area contributed by atoms with Crippen molar-refractivity contribution in [1.29, 1.82) is 0 Å². The van der Waals surface area contributed by atoms with Crippen molar-refractivity contribution in [2.24, 2.45) is 5.92 Å². The Balaban J connectivity index is 2.00. The second-order valence-electron chi connectivity index (χ2n) is 4.47. The highest BCUT2D eigenvalue weighted by Crippen LogP contribution is 2.51. The molecule has 1 aromatic carbocycles. The highest BCUT2D eigenvalue weighted by atomic mass is 35.5. The molecule has 0 radical (unpaired) electrons. The molecule has 2 atom stereocenters. The molecule has 1 aromatic rings. The lowest BCUT2D eigenvalue weighted by atomic mass is 9.58. The maximum absolute atomic E-state index is 11.5. The lowest BCUT2D eigenvalue weighted by Crippen LogP contribution is -2.44. The molecule has 3 heteroatoms. The molecule has 2 unspecified atom stereocenters. The van der Waals surface area contributed by atoms with Crippen LogP contribution in [0.15, 0.2) is 24.3 Å². The van der Waals surface area contributed by atoms with Crippen LogP contribution in [-0.4, -0.2) is 12.5 Å². The van der Waals surface area contributed by atoms with Gasteiger partial charge in [-0.05, 0) is 30.5 Å². The van der Waals surface area contributed by atoms with Gasteiger partial charge in [-0.25, -0.2) is 0 Å². The molecule has 2 fully saturated rings. The highest BCUT2D eigenvalue weighted by molar-refractivity contribution is 6.30. The monoisotopic (exact) mass is 221 g/mol. The molecule has 15 heavy (non-hydrogen) atoms. The van der Waals surface area contributed by atoms with E-state index in [0.717, 1.165) is 24.4 Å². The SMILES string of the molecule is O=C1NCC2(c3ccc(Cl)cc3)CCC12. The second kappa shape index (κ2) is 2.99. The minimum absolute atomic E-state index is 0.0711. The number of benzene rings is 1. The summed E-state index contributed by atoms with van der Waals surface area (Å²) < 4.78 is 0. The van der Waals surface area contributed by atoms with Gasteiger partial charge in [0.15, 0.2) is 0 Å². The first-order valence-corrected chi connectivity index (χ1v) is 5.64. The van der Waals surface area contributed by atoms with Gasteiger partial charge in [0.1, 0.15) is 0 Å². The topological polar surface area (TPSA) is 29.1 Å². The lowest BCUT2D eigenvalue weighted by molar-refractivity contribution is -0.125. The zero-order valence-corrected chi connectivity index (χ0v) is 9.05. The van der Waals surface area contributed by atoms with Crippen LogP contribution in [0.2, 0.25) is 5.02 Å². The van der Waals surface area contributed by atoms with Crippen LogP contribution in [0.25, 0.3) is 0 Å². The summed E-state index contributed by atoms with van der Waals surface area (Å²) in [6.45, 7) is 0.790. The van der Waals surface area contributed by atoms with Gasteiger partial charge >= 0.3 is 0 Å². The molecule has 1 aliphatic carbocycles. The van der Waals surface area contributed by atoms with E-state index in [2.05, 4.69) is 17.4 Å². The van der Waals surface area contributed by atoms with Gasteiger partial charge in [0, 0.05) is 22.9 Å². The minimum Gasteiger partial charge on any atom is -0.355 e. The molecule has 1 saturated carbocycles. The first kappa shape index (κ1) is 9.22. The highest BCUT2D eigenvalue weighted by Gasteiger charge is 2.55. The summed E-state index contributed by atoms with van der Waals surface area (Å²) in [7, 11) is 0. The molecule has 1 heterocycles. The van der Waals surface area contributed by atoms with E-state index in [1.807, 2.05) is 12.1 Å². The van der Waals surface area contributed by atoms with Gasteiger partial charge in [0.2, 0.25) is 5.91 Å². The maximum Gasteiger partial charge on any atom is 0.224 e. The fourth-order valence-electron chi connectivity index (χ4n) is 2.83. The zero-order valence-electron chi connectivity index (χ0n) is 8.29. The van der Waals surface area contributed by atoms with Crippen LogP contribution in [0.1, 0.15) is 18.4 Å². The van der Waals surface area contributed by atoms with Crippen molar-refractivity contribution in [2.75, 3.05) is 6.54 Å². The lowest BCUT2D eigenvalue weighted by Gasteiger charge is -2.43. The normalized spacial score (nSPS) is 33.1. The molecule has 0 bridgehead atoms. The fourth-order valence-corrected chi connectivity index (χ4v) is 2.95. The Hall–Kier alpha value is -1.02. The number of amides is 1. The predicted molar refractivity (Wildman–Crippen MR) is 58.9 cm³/mol. The van der Waals surface area contributed by atoms with Crippen molar-refractivity contribution in [2.45, 2.75) is 18.3 Å². The Morgan fingerprint density at radius 1 is 1.33 bits per heavy atom. The van der Waals surface area contributed by atoms with Crippen LogP contribution >= 0.6 is 11.6 Å². The number of nitrogens with one attached hydrogen (secondary N) is 1. The first-order chi connectivity index (χ1) is 7.22. The summed E-state index contributed by atoms with van der Waals surface area (Å²) in [6, 6.07) is 7.91. The number of fused-ring (bicyclic) bond motifs is 1. The Morgan fingerprint density at radius 2 is 2.07 bits per heavy atom. The van der Waals surface area contributed by atoms with Gasteiger partial charge in [-0.15, -0.1) is 0 Å². The largest absolute Gasteiger partial charge is 0.355 e. The van der Waals surface area contributed by atoms with Crippen molar-refractivity contribution >= 4 is 17.5 Å². The van der Waals surface area contributed by atoms with E-state index in [0.29, 0.717) is 0 Å². The van der Waals surface area contributed by atoms with E-state index in [-0.39, 0.29) is 17.2 Å². The zero-order chi connectivity index (χ0) is 10.5. The van der Waals surface area contributed by atoms with Crippen molar-refractivity contribution in [1.82, 2.24) is 5.32 Å². The molecule has 1 N–H and O–H groups in total. The molecular weight excluding hydrogens is 210 g/mol. The van der Waals surface area contributed by atoms with Crippen molar-refractivity contribution in [3.8, 4) is 0 Å². The second-order valence-corrected chi connectivity index (χ2v) is 4.91. The van der Waals surface area contributed by atoms with E-state index >= 15 is 0 Å². The minimum atomic E-state index is 0.0711. The van der Waals surface area contributed by atoms with Crippen molar-refractivity contribution in [3.63, 3.8) is 0 Å². The van der Waals surface area contributed by atoms with Gasteiger partial charge in [0.05, 0.1) is 0 Å². The van der Waals surface area contributed by atoms with E-state index in [9.17, 15) is 4.79 Å². The van der Waals surface area contributed by atoms with Gasteiger partial charge in [-0.1, -0.05) is 23.7 Å². The molecule has 78 valence electrons. The Kier molecular flexibility index (Phi) is 1.84. The number of carbonyl (C=O) groups excluding carboxylic acids is 1. The van der Waals surface area contributed by atoms with Gasteiger partial charge < -0.3 is 5.32 Å². The number of carbonyl (C=O) groups is 1. The number of rotatable bonds is 1. The predicted octanol–water partition coefficient (Wildman–Crippen LogP) is 2.12. The van der Waals surface area contributed by atoms with E-state index < -0.39 is 0 Å². The standard InChI is InChI=1S/C12H12ClNO/c13-9-3-1-8(2-4-9)12-6-5-10(12)11(15)14-7-12/h1-4,10H,5-7H2,(H,14,15). The molecular formula is C12H12ClNO. The molecule has 0 aromatic heterocycles. The third kappa shape index (κ3) is 1.14. The average Bonchev–Trinajstić information content (AvgIpc) is 2.40. The van der Waals surface area contributed by atoms with E-state index in [4.69, 9.17) is 11.6 Å². The van der Waals surface area contributed by atoms with Crippen LogP contribution in [-0.2, 0) is 10.2 Å². The van der Waals surface area contributed by atoms with E-state index in [1.165, 1.54) is 5.56 Å². The third-order valence-corrected chi connectivity index (χ3v) is 4.11. The summed E-state index contributed by atoms with van der Waals surface area (Å²) >= 11 is 5.86. The van der Waals surface area contributed by atoms with Crippen LogP contribution in [0, 0.1) is 5.92 Å². The van der Waals surface area contributed by atoms with Crippen molar-refractivity contribution < 1.29 is 4.79 Å². The summed E-state index contributed by atoms with van der Waals surface area (Å²) in [5.74, 6) is 0.412. The number of hydrogen-bond acceptors (Lipinski definition) is 1. The molecule has 2 aliphatic rings. The van der Waals surface area contributed by atoms with Crippen LogP contribution in [0.5, 0.6) is 0 Å². The Morgan fingerprint density at radius 3 is 2.60 bits per heavy atom. The summed E-state index contributed by atoms with van der Waals surface area (Å²) in [5.41, 5.74) is 1.32. The molecule has 3 rings (SSSR count). The smallest absolute Gasteiger partial charge is 0.224 e. The Labute approximate surface area is 93.6 Å². The molecule has 0 spiro atoms. The van der Waals surface area contributed by atoms with Gasteiger partial charge in [-0.3, -0.25) is 4.79 Å². The van der Waals surface area contributed by atoms with Gasteiger partial charge in [0.25, 0.3) is 0 Å². The fraction of sp³-hybridized carbons (Fsp3) is 0.417. The van der Waals surface area contributed by atoms with Crippen LogP contribution < -0.4 is 5.32 Å². The van der Waals surface area contributed by atoms with Gasteiger partial charge in [-0.2, -0.15) is 0 Å². The van der Waals surface area contributed by atoms with Crippen LogP contribution in [0.3, 0.4) is 0 Å². The molecule has 1 amide bonds. The summed E-state index contributed by atoms with van der Waals surface area (Å²) in [6.07, 6.45) is 2.13. The molecule has 1 aliphatic heterocycles. The van der Waals surface area contributed by atoms with Crippen LogP contribution in [0.4, 0.5) is 0 Å². The first-order valence-electron chi connectivity index (χ1n) is 5.26. The average molecular weight is 222 g/mol. The number of hydrogen-bond donors (Lipinski definition) is 1. The third-order valence-electron chi connectivity index (χ3n) is 3.86.